The van der Waals surface area contributed by atoms with Gasteiger partial charge in [-0.2, -0.15) is 5.10 Å². The molecule has 0 amide bonds. The Kier molecular flexibility index (Phi) is 7.62. The third-order valence-corrected chi connectivity index (χ3v) is 6.54. The van der Waals surface area contributed by atoms with Gasteiger partial charge in [-0.1, -0.05) is 0 Å². The molecule has 0 spiro atoms. The maximum Gasteiger partial charge on any atom is 0.247 e. The van der Waals surface area contributed by atoms with Gasteiger partial charge >= 0.3 is 0 Å². The van der Waals surface area contributed by atoms with Gasteiger partial charge in [0.15, 0.2) is 5.96 Å². The lowest BCUT2D eigenvalue weighted by molar-refractivity contribution is -0.00804. The number of halogens is 1. The van der Waals surface area contributed by atoms with E-state index in [-0.39, 0.29) is 34.3 Å². The number of morpholine rings is 1. The van der Waals surface area contributed by atoms with Crippen LogP contribution in [-0.2, 0) is 28.4 Å². The van der Waals surface area contributed by atoms with E-state index in [0.29, 0.717) is 19.7 Å². The number of nitrogens with one attached hydrogen (secondary N) is 1. The van der Waals surface area contributed by atoms with Crippen molar-refractivity contribution in [1.29, 1.82) is 0 Å². The SMILES string of the molecule is CN=C(NCc1ccc(S(N)(=O)=O)s1)N1CCOC(c2cnn(C)c2)C1.I. The average molecular weight is 526 g/mol. The fraction of sp³-hybridized carbons (Fsp3) is 0.467. The second kappa shape index (κ2) is 9.32. The van der Waals surface area contributed by atoms with Crippen molar-refractivity contribution >= 4 is 51.3 Å². The van der Waals surface area contributed by atoms with E-state index in [4.69, 9.17) is 9.88 Å². The lowest BCUT2D eigenvalue weighted by Crippen LogP contribution is -2.47. The zero-order valence-corrected chi connectivity index (χ0v) is 19.0. The highest BCUT2D eigenvalue weighted by Gasteiger charge is 2.25. The molecule has 0 aliphatic carbocycles. The largest absolute Gasteiger partial charge is 0.370 e. The highest BCUT2D eigenvalue weighted by molar-refractivity contribution is 14.0. The average Bonchev–Trinajstić information content (AvgIpc) is 3.24. The van der Waals surface area contributed by atoms with E-state index in [1.165, 1.54) is 6.07 Å². The van der Waals surface area contributed by atoms with Gasteiger partial charge in [-0.15, -0.1) is 35.3 Å². The predicted octanol–water partition coefficient (Wildman–Crippen LogP) is 0.896. The molecule has 150 valence electrons. The first-order chi connectivity index (χ1) is 12.4. The zero-order chi connectivity index (χ0) is 18.7. The Morgan fingerprint density at radius 3 is 2.89 bits per heavy atom. The molecule has 3 N–H and O–H groups in total. The first-order valence-electron chi connectivity index (χ1n) is 8.04. The number of sulfonamides is 1. The van der Waals surface area contributed by atoms with Gasteiger partial charge in [0.05, 0.1) is 25.9 Å². The van der Waals surface area contributed by atoms with Crippen molar-refractivity contribution in [2.24, 2.45) is 17.2 Å². The highest BCUT2D eigenvalue weighted by Crippen LogP contribution is 2.22. The number of hydrogen-bond acceptors (Lipinski definition) is 6. The van der Waals surface area contributed by atoms with Crippen molar-refractivity contribution in [3.63, 3.8) is 0 Å². The number of thiophene rings is 1. The van der Waals surface area contributed by atoms with Gasteiger partial charge in [-0.25, -0.2) is 13.6 Å². The van der Waals surface area contributed by atoms with Gasteiger partial charge in [0, 0.05) is 37.3 Å². The highest BCUT2D eigenvalue weighted by atomic mass is 127. The number of hydrogen-bond donors (Lipinski definition) is 2. The van der Waals surface area contributed by atoms with Crippen LogP contribution in [0.5, 0.6) is 0 Å². The minimum Gasteiger partial charge on any atom is -0.370 e. The van der Waals surface area contributed by atoms with Crippen molar-refractivity contribution < 1.29 is 13.2 Å². The van der Waals surface area contributed by atoms with Gasteiger partial charge in [0.2, 0.25) is 10.0 Å². The summed E-state index contributed by atoms with van der Waals surface area (Å²) >= 11 is 1.15. The fourth-order valence-electron chi connectivity index (χ4n) is 2.75. The van der Waals surface area contributed by atoms with Crippen LogP contribution in [0.3, 0.4) is 0 Å². The molecule has 1 aliphatic rings. The molecule has 0 aromatic carbocycles. The molecule has 1 saturated heterocycles. The number of primary sulfonamides is 1. The van der Waals surface area contributed by atoms with E-state index >= 15 is 0 Å². The summed E-state index contributed by atoms with van der Waals surface area (Å²) in [4.78, 5) is 7.32. The molecule has 9 nitrogen and oxygen atoms in total. The van der Waals surface area contributed by atoms with Gasteiger partial charge in [0.1, 0.15) is 10.3 Å². The van der Waals surface area contributed by atoms with Crippen LogP contribution in [0.2, 0.25) is 0 Å². The summed E-state index contributed by atoms with van der Waals surface area (Å²) < 4.78 is 30.5. The van der Waals surface area contributed by atoms with Crippen LogP contribution >= 0.6 is 35.3 Å². The summed E-state index contributed by atoms with van der Waals surface area (Å²) in [5, 5.41) is 12.6. The van der Waals surface area contributed by atoms with Crippen LogP contribution in [0.15, 0.2) is 33.7 Å². The number of nitrogens with zero attached hydrogens (tertiary/aromatic N) is 4. The van der Waals surface area contributed by atoms with Crippen LogP contribution in [0.1, 0.15) is 16.5 Å². The number of guanidine groups is 1. The number of aromatic nitrogens is 2. The quantitative estimate of drug-likeness (QED) is 0.348. The summed E-state index contributed by atoms with van der Waals surface area (Å²) in [7, 11) is -0.0572. The lowest BCUT2D eigenvalue weighted by Gasteiger charge is -2.34. The van der Waals surface area contributed by atoms with E-state index in [9.17, 15) is 8.42 Å². The minimum absolute atomic E-state index is 0. The molecule has 0 radical (unpaired) electrons. The van der Waals surface area contributed by atoms with Crippen molar-refractivity contribution in [3.05, 3.63) is 35.0 Å². The Hall–Kier alpha value is -1.22. The van der Waals surface area contributed by atoms with Crippen LogP contribution in [-0.4, -0.2) is 55.8 Å². The molecular weight excluding hydrogens is 503 g/mol. The summed E-state index contributed by atoms with van der Waals surface area (Å²) in [5.74, 6) is 0.743. The van der Waals surface area contributed by atoms with E-state index in [1.807, 2.05) is 19.4 Å². The second-order valence-electron chi connectivity index (χ2n) is 5.92. The molecule has 2 aromatic rings. The molecule has 1 unspecified atom stereocenters. The first kappa shape index (κ1) is 22.1. The Labute approximate surface area is 179 Å². The Balaban J connectivity index is 0.00000261. The topological polar surface area (TPSA) is 115 Å². The van der Waals surface area contributed by atoms with Crippen LogP contribution < -0.4 is 10.5 Å². The Morgan fingerprint density at radius 2 is 2.30 bits per heavy atom. The molecule has 1 fully saturated rings. The molecule has 2 aromatic heterocycles. The molecule has 1 aliphatic heterocycles. The van der Waals surface area contributed by atoms with Gasteiger partial charge < -0.3 is 15.0 Å². The maximum atomic E-state index is 11.4. The molecule has 3 rings (SSSR count). The summed E-state index contributed by atoms with van der Waals surface area (Å²) in [6.07, 6.45) is 3.70. The van der Waals surface area contributed by atoms with Gasteiger partial charge in [-0.3, -0.25) is 9.67 Å². The van der Waals surface area contributed by atoms with Crippen LogP contribution in [0.25, 0.3) is 0 Å². The van der Waals surface area contributed by atoms with Crippen molar-refractivity contribution in [3.8, 4) is 0 Å². The number of nitrogens with two attached hydrogens (primary N) is 1. The minimum atomic E-state index is -3.66. The Morgan fingerprint density at radius 1 is 1.52 bits per heavy atom. The van der Waals surface area contributed by atoms with Gasteiger partial charge in [0.25, 0.3) is 0 Å². The summed E-state index contributed by atoms with van der Waals surface area (Å²) in [5.41, 5.74) is 1.03. The predicted molar refractivity (Wildman–Crippen MR) is 115 cm³/mol. The third-order valence-electron chi connectivity index (χ3n) is 4.01. The van der Waals surface area contributed by atoms with E-state index in [1.54, 1.807) is 17.8 Å². The maximum absolute atomic E-state index is 11.4. The number of aliphatic imine (C=N–C) groups is 1. The first-order valence-corrected chi connectivity index (χ1v) is 10.4. The van der Waals surface area contributed by atoms with Crippen LogP contribution in [0, 0.1) is 0 Å². The molecule has 12 heteroatoms. The number of ether oxygens (including phenoxy) is 1. The zero-order valence-electron chi connectivity index (χ0n) is 15.0. The van der Waals surface area contributed by atoms with Crippen molar-refractivity contribution in [2.75, 3.05) is 26.7 Å². The second-order valence-corrected chi connectivity index (χ2v) is 8.88. The van der Waals surface area contributed by atoms with Crippen molar-refractivity contribution in [1.82, 2.24) is 20.0 Å². The molecule has 0 bridgehead atoms. The molecule has 1 atom stereocenters. The van der Waals surface area contributed by atoms with E-state index in [2.05, 4.69) is 20.3 Å². The molecule has 27 heavy (non-hydrogen) atoms. The smallest absolute Gasteiger partial charge is 0.247 e. The molecule has 3 heterocycles. The van der Waals surface area contributed by atoms with Crippen LogP contribution in [0.4, 0.5) is 0 Å². The monoisotopic (exact) mass is 526 g/mol. The normalized spacial score (nSPS) is 18.3. The fourth-order valence-corrected chi connectivity index (χ4v) is 4.47. The standard InChI is InChI=1S/C15H22N6O3S2.HI/c1-17-15(18-8-12-3-4-14(25-12)26(16,22)23)21-5-6-24-13(10-21)11-7-19-20(2)9-11;/h3-4,7,9,13H,5-6,8,10H2,1-2H3,(H,17,18)(H2,16,22,23);1H. The Bertz CT molecular complexity index is 895. The summed E-state index contributed by atoms with van der Waals surface area (Å²) in [6.45, 7) is 2.46. The van der Waals surface area contributed by atoms with E-state index < -0.39 is 10.0 Å². The van der Waals surface area contributed by atoms with E-state index in [0.717, 1.165) is 34.3 Å². The number of aryl methyl sites for hydroxylation is 1. The summed E-state index contributed by atoms with van der Waals surface area (Å²) in [6, 6.07) is 3.27. The number of rotatable bonds is 4. The lowest BCUT2D eigenvalue weighted by atomic mass is 10.1. The van der Waals surface area contributed by atoms with Gasteiger partial charge in [-0.05, 0) is 12.1 Å². The third kappa shape index (κ3) is 5.63. The molecule has 0 saturated carbocycles. The van der Waals surface area contributed by atoms with Crippen molar-refractivity contribution in [2.45, 2.75) is 16.9 Å². The molecular formula is C15H23IN6O3S2.